The molecule has 2 aromatic rings. The standard InChI is InChI=1S/C12H15N3OS/c1-15(7-10-3-4-16-9-10)8-11-5-13-12(17-2)14-6-11/h3-6,9H,7-8H2,1-2H3. The van der Waals surface area contributed by atoms with Gasteiger partial charge in [-0.3, -0.25) is 4.90 Å². The van der Waals surface area contributed by atoms with Gasteiger partial charge in [-0.25, -0.2) is 9.97 Å². The molecule has 0 saturated carbocycles. The quantitative estimate of drug-likeness (QED) is 0.601. The van der Waals surface area contributed by atoms with Crippen molar-refractivity contribution in [3.05, 3.63) is 42.1 Å². The van der Waals surface area contributed by atoms with Gasteiger partial charge in [-0.2, -0.15) is 0 Å². The molecule has 0 fully saturated rings. The minimum atomic E-state index is 0.811. The van der Waals surface area contributed by atoms with Crippen molar-refractivity contribution in [2.24, 2.45) is 0 Å². The first-order valence-electron chi connectivity index (χ1n) is 5.32. The summed E-state index contributed by atoms with van der Waals surface area (Å²) in [6, 6.07) is 1.98. The number of furan rings is 1. The van der Waals surface area contributed by atoms with E-state index in [0.29, 0.717) is 0 Å². The van der Waals surface area contributed by atoms with Crippen LogP contribution in [0.25, 0.3) is 0 Å². The molecule has 90 valence electrons. The Morgan fingerprint density at radius 2 is 1.94 bits per heavy atom. The highest BCUT2D eigenvalue weighted by molar-refractivity contribution is 7.98. The van der Waals surface area contributed by atoms with Crippen molar-refractivity contribution < 1.29 is 4.42 Å². The fourth-order valence-electron chi connectivity index (χ4n) is 1.59. The van der Waals surface area contributed by atoms with Crippen LogP contribution in [0.3, 0.4) is 0 Å². The largest absolute Gasteiger partial charge is 0.472 e. The minimum Gasteiger partial charge on any atom is -0.472 e. The zero-order chi connectivity index (χ0) is 12.1. The molecular formula is C12H15N3OS. The van der Waals surface area contributed by atoms with Gasteiger partial charge in [-0.1, -0.05) is 11.8 Å². The summed E-state index contributed by atoms with van der Waals surface area (Å²) in [5.41, 5.74) is 2.29. The first-order valence-corrected chi connectivity index (χ1v) is 6.55. The second-order valence-electron chi connectivity index (χ2n) is 3.88. The third-order valence-corrected chi connectivity index (χ3v) is 2.93. The average Bonchev–Trinajstić information content (AvgIpc) is 2.82. The number of hydrogen-bond donors (Lipinski definition) is 0. The lowest BCUT2D eigenvalue weighted by molar-refractivity contribution is 0.316. The molecule has 0 aliphatic rings. The van der Waals surface area contributed by atoms with Crippen LogP contribution in [0.5, 0.6) is 0 Å². The van der Waals surface area contributed by atoms with Gasteiger partial charge in [0.2, 0.25) is 0 Å². The van der Waals surface area contributed by atoms with Crippen LogP contribution in [-0.2, 0) is 13.1 Å². The summed E-state index contributed by atoms with van der Waals surface area (Å²) in [5.74, 6) is 0. The van der Waals surface area contributed by atoms with Crippen molar-refractivity contribution in [2.75, 3.05) is 13.3 Å². The molecule has 0 bridgehead atoms. The van der Waals surface area contributed by atoms with Gasteiger partial charge in [0.05, 0.1) is 12.5 Å². The summed E-state index contributed by atoms with van der Waals surface area (Å²) in [5, 5.41) is 0.811. The fraction of sp³-hybridized carbons (Fsp3) is 0.333. The van der Waals surface area contributed by atoms with E-state index in [9.17, 15) is 0 Å². The van der Waals surface area contributed by atoms with E-state index in [0.717, 1.165) is 23.8 Å². The van der Waals surface area contributed by atoms with E-state index in [2.05, 4.69) is 21.9 Å². The summed E-state index contributed by atoms with van der Waals surface area (Å²) < 4.78 is 5.04. The van der Waals surface area contributed by atoms with Gasteiger partial charge in [0.15, 0.2) is 5.16 Å². The van der Waals surface area contributed by atoms with Crippen LogP contribution in [0.1, 0.15) is 11.1 Å². The molecule has 0 radical (unpaired) electrons. The number of aromatic nitrogens is 2. The Labute approximate surface area is 105 Å². The summed E-state index contributed by atoms with van der Waals surface area (Å²) in [6.07, 6.45) is 9.19. The number of thioether (sulfide) groups is 1. The van der Waals surface area contributed by atoms with Gasteiger partial charge in [0.1, 0.15) is 0 Å². The van der Waals surface area contributed by atoms with Crippen LogP contribution < -0.4 is 0 Å². The highest BCUT2D eigenvalue weighted by atomic mass is 32.2. The summed E-state index contributed by atoms with van der Waals surface area (Å²) in [4.78, 5) is 10.7. The highest BCUT2D eigenvalue weighted by Crippen LogP contribution is 2.10. The SMILES string of the molecule is CSc1ncc(CN(C)Cc2ccoc2)cn1. The third-order valence-electron chi connectivity index (χ3n) is 2.35. The Bertz CT molecular complexity index is 441. The van der Waals surface area contributed by atoms with Crippen molar-refractivity contribution in [2.45, 2.75) is 18.2 Å². The lowest BCUT2D eigenvalue weighted by Gasteiger charge is -2.15. The third kappa shape index (κ3) is 3.57. The van der Waals surface area contributed by atoms with E-state index in [1.54, 1.807) is 24.3 Å². The van der Waals surface area contributed by atoms with Crippen LogP contribution >= 0.6 is 11.8 Å². The smallest absolute Gasteiger partial charge is 0.187 e. The van der Waals surface area contributed by atoms with Gasteiger partial charge in [0, 0.05) is 36.6 Å². The number of nitrogens with zero attached hydrogens (tertiary/aromatic N) is 3. The van der Waals surface area contributed by atoms with Crippen LogP contribution in [0.4, 0.5) is 0 Å². The molecule has 2 aromatic heterocycles. The maximum atomic E-state index is 5.04. The van der Waals surface area contributed by atoms with Gasteiger partial charge in [0.25, 0.3) is 0 Å². The summed E-state index contributed by atoms with van der Waals surface area (Å²) in [6.45, 7) is 1.70. The Morgan fingerprint density at radius 3 is 2.53 bits per heavy atom. The summed E-state index contributed by atoms with van der Waals surface area (Å²) in [7, 11) is 2.06. The molecular weight excluding hydrogens is 234 g/mol. The second-order valence-corrected chi connectivity index (χ2v) is 4.66. The Balaban J connectivity index is 1.91. The maximum Gasteiger partial charge on any atom is 0.187 e. The summed E-state index contributed by atoms with van der Waals surface area (Å²) >= 11 is 1.55. The molecule has 0 atom stereocenters. The molecule has 0 aliphatic carbocycles. The first-order chi connectivity index (χ1) is 8.28. The molecule has 0 unspecified atom stereocenters. The van der Waals surface area contributed by atoms with Crippen LogP contribution in [0.2, 0.25) is 0 Å². The normalized spacial score (nSPS) is 11.0. The van der Waals surface area contributed by atoms with E-state index >= 15 is 0 Å². The predicted octanol–water partition coefficient (Wildman–Crippen LogP) is 2.42. The van der Waals surface area contributed by atoms with Crippen molar-refractivity contribution in [1.29, 1.82) is 0 Å². The minimum absolute atomic E-state index is 0.811. The average molecular weight is 249 g/mol. The lowest BCUT2D eigenvalue weighted by Crippen LogP contribution is -2.17. The monoisotopic (exact) mass is 249 g/mol. The van der Waals surface area contributed by atoms with Gasteiger partial charge < -0.3 is 4.42 Å². The predicted molar refractivity (Wildman–Crippen MR) is 67.7 cm³/mol. The van der Waals surface area contributed by atoms with E-state index in [-0.39, 0.29) is 0 Å². The van der Waals surface area contributed by atoms with Crippen LogP contribution in [0.15, 0.2) is 40.6 Å². The lowest BCUT2D eigenvalue weighted by atomic mass is 10.3. The molecule has 2 heterocycles. The first kappa shape index (κ1) is 12.1. The molecule has 4 nitrogen and oxygen atoms in total. The van der Waals surface area contributed by atoms with Crippen molar-refractivity contribution in [1.82, 2.24) is 14.9 Å². The second kappa shape index (κ2) is 5.84. The van der Waals surface area contributed by atoms with Crippen molar-refractivity contribution in [3.63, 3.8) is 0 Å². The molecule has 0 aliphatic heterocycles. The van der Waals surface area contributed by atoms with Crippen molar-refractivity contribution in [3.8, 4) is 0 Å². The van der Waals surface area contributed by atoms with Gasteiger partial charge in [-0.05, 0) is 19.4 Å². The number of rotatable bonds is 5. The Kier molecular flexibility index (Phi) is 4.17. The molecule has 0 N–H and O–H groups in total. The maximum absolute atomic E-state index is 5.04. The zero-order valence-corrected chi connectivity index (χ0v) is 10.8. The Morgan fingerprint density at radius 1 is 1.24 bits per heavy atom. The van der Waals surface area contributed by atoms with E-state index < -0.39 is 0 Å². The molecule has 0 aromatic carbocycles. The molecule has 17 heavy (non-hydrogen) atoms. The molecule has 5 heteroatoms. The number of hydrogen-bond acceptors (Lipinski definition) is 5. The fourth-order valence-corrected chi connectivity index (χ4v) is 1.91. The van der Waals surface area contributed by atoms with Gasteiger partial charge in [-0.15, -0.1) is 0 Å². The van der Waals surface area contributed by atoms with Crippen LogP contribution in [0, 0.1) is 0 Å². The molecule has 0 amide bonds. The zero-order valence-electron chi connectivity index (χ0n) is 9.96. The van der Waals surface area contributed by atoms with Crippen molar-refractivity contribution >= 4 is 11.8 Å². The highest BCUT2D eigenvalue weighted by Gasteiger charge is 2.03. The molecule has 0 spiro atoms. The van der Waals surface area contributed by atoms with Gasteiger partial charge >= 0.3 is 0 Å². The topological polar surface area (TPSA) is 42.2 Å². The van der Waals surface area contributed by atoms with E-state index in [4.69, 9.17) is 4.42 Å². The van der Waals surface area contributed by atoms with Crippen LogP contribution in [-0.4, -0.2) is 28.2 Å². The van der Waals surface area contributed by atoms with E-state index in [1.165, 1.54) is 5.56 Å². The van der Waals surface area contributed by atoms with E-state index in [1.807, 2.05) is 24.7 Å². The molecule has 0 saturated heterocycles. The molecule has 2 rings (SSSR count). The Hall–Kier alpha value is -1.33.